The molecular formula is C13H14BrNO3. The van der Waals surface area contributed by atoms with Gasteiger partial charge in [-0.3, -0.25) is 4.79 Å². The summed E-state index contributed by atoms with van der Waals surface area (Å²) < 4.78 is 10.8. The van der Waals surface area contributed by atoms with Crippen molar-refractivity contribution in [2.45, 2.75) is 19.3 Å². The number of nitriles is 1. The highest BCUT2D eigenvalue weighted by Gasteiger charge is 2.35. The lowest BCUT2D eigenvalue weighted by Crippen LogP contribution is -2.31. The van der Waals surface area contributed by atoms with Crippen LogP contribution in [0.5, 0.6) is 5.75 Å². The monoisotopic (exact) mass is 311 g/mol. The number of nitrogens with zero attached hydrogens (tertiary/aromatic N) is 1. The Labute approximate surface area is 115 Å². The molecule has 0 amide bonds. The molecule has 0 aromatic heterocycles. The lowest BCUT2D eigenvalue weighted by molar-refractivity contribution is -0.146. The molecular weight excluding hydrogens is 298 g/mol. The number of carbonyl (C=O) groups is 1. The number of methoxy groups -OCH3 is 2. The van der Waals surface area contributed by atoms with Crippen molar-refractivity contribution in [1.82, 2.24) is 0 Å². The molecule has 0 bridgehead atoms. The van der Waals surface area contributed by atoms with Gasteiger partial charge in [0.1, 0.15) is 11.8 Å². The predicted octanol–water partition coefficient (Wildman–Crippen LogP) is 2.78. The van der Waals surface area contributed by atoms with Crippen LogP contribution in [0.2, 0.25) is 0 Å². The van der Waals surface area contributed by atoms with Crippen molar-refractivity contribution in [3.05, 3.63) is 27.7 Å². The highest BCUT2D eigenvalue weighted by atomic mass is 79.9. The number of esters is 1. The van der Waals surface area contributed by atoms with E-state index in [4.69, 9.17) is 14.7 Å². The predicted molar refractivity (Wildman–Crippen MR) is 70.5 cm³/mol. The molecule has 96 valence electrons. The van der Waals surface area contributed by atoms with Crippen molar-refractivity contribution in [3.63, 3.8) is 0 Å². The second-order valence-corrected chi connectivity index (χ2v) is 5.18. The van der Waals surface area contributed by atoms with Gasteiger partial charge < -0.3 is 9.47 Å². The zero-order valence-electron chi connectivity index (χ0n) is 10.7. The van der Waals surface area contributed by atoms with Crippen LogP contribution in [0.4, 0.5) is 0 Å². The van der Waals surface area contributed by atoms with Gasteiger partial charge in [-0.05, 0) is 26.0 Å². The lowest BCUT2D eigenvalue weighted by atomic mass is 9.83. The molecule has 18 heavy (non-hydrogen) atoms. The van der Waals surface area contributed by atoms with E-state index in [1.54, 1.807) is 26.0 Å². The van der Waals surface area contributed by atoms with Crippen LogP contribution in [0, 0.1) is 11.3 Å². The van der Waals surface area contributed by atoms with E-state index in [2.05, 4.69) is 15.9 Å². The van der Waals surface area contributed by atoms with E-state index < -0.39 is 5.41 Å². The van der Waals surface area contributed by atoms with Crippen LogP contribution < -0.4 is 4.74 Å². The summed E-state index contributed by atoms with van der Waals surface area (Å²) in [6.45, 7) is 3.45. The number of carbonyl (C=O) groups excluding carboxylic acids is 1. The third kappa shape index (κ3) is 2.49. The van der Waals surface area contributed by atoms with Crippen molar-refractivity contribution in [2.75, 3.05) is 14.2 Å². The summed E-state index contributed by atoms with van der Waals surface area (Å²) in [7, 11) is 2.81. The summed E-state index contributed by atoms with van der Waals surface area (Å²) in [5.41, 5.74) is 0.0942. The van der Waals surface area contributed by atoms with Crippen molar-refractivity contribution < 1.29 is 14.3 Å². The molecule has 1 aromatic carbocycles. The zero-order valence-corrected chi connectivity index (χ0v) is 12.3. The van der Waals surface area contributed by atoms with Gasteiger partial charge in [0.15, 0.2) is 0 Å². The molecule has 0 aliphatic heterocycles. The van der Waals surface area contributed by atoms with Crippen LogP contribution in [-0.2, 0) is 14.9 Å². The van der Waals surface area contributed by atoms with Crippen molar-refractivity contribution >= 4 is 21.9 Å². The molecule has 0 radical (unpaired) electrons. The van der Waals surface area contributed by atoms with E-state index in [0.29, 0.717) is 21.3 Å². The first-order valence-electron chi connectivity index (χ1n) is 5.25. The standard InChI is InChI=1S/C13H14BrNO3/c1-13(2,12(16)18-4)10-6-9(14)5-8(7-15)11(10)17-3/h5-6H,1-4H3. The molecule has 0 saturated carbocycles. The summed E-state index contributed by atoms with van der Waals surface area (Å²) in [6, 6.07) is 5.46. The maximum Gasteiger partial charge on any atom is 0.315 e. The van der Waals surface area contributed by atoms with Gasteiger partial charge in [-0.1, -0.05) is 15.9 Å². The third-order valence-electron chi connectivity index (χ3n) is 2.75. The summed E-state index contributed by atoms with van der Waals surface area (Å²) in [5.74, 6) is 0.0129. The van der Waals surface area contributed by atoms with Gasteiger partial charge in [0.25, 0.3) is 0 Å². The normalized spacial score (nSPS) is 10.7. The third-order valence-corrected chi connectivity index (χ3v) is 3.21. The number of halogens is 1. The fourth-order valence-corrected chi connectivity index (χ4v) is 2.18. The molecule has 1 aromatic rings. The first-order valence-corrected chi connectivity index (χ1v) is 6.04. The van der Waals surface area contributed by atoms with E-state index in [-0.39, 0.29) is 5.97 Å². The average Bonchev–Trinajstić information content (AvgIpc) is 2.36. The largest absolute Gasteiger partial charge is 0.495 e. The van der Waals surface area contributed by atoms with Gasteiger partial charge in [-0.25, -0.2) is 0 Å². The summed E-state index contributed by atoms with van der Waals surface area (Å²) in [4.78, 5) is 11.8. The lowest BCUT2D eigenvalue weighted by Gasteiger charge is -2.25. The molecule has 5 heteroatoms. The molecule has 0 unspecified atom stereocenters. The Balaban J connectivity index is 3.54. The molecule has 0 spiro atoms. The van der Waals surface area contributed by atoms with Gasteiger partial charge >= 0.3 is 5.97 Å². The molecule has 1 rings (SSSR count). The van der Waals surface area contributed by atoms with Gasteiger partial charge in [-0.2, -0.15) is 5.26 Å². The second kappa shape index (κ2) is 5.40. The summed E-state index contributed by atoms with van der Waals surface area (Å²) in [6.07, 6.45) is 0. The molecule has 0 atom stereocenters. The quantitative estimate of drug-likeness (QED) is 0.805. The average molecular weight is 312 g/mol. The van der Waals surface area contributed by atoms with Crippen molar-refractivity contribution in [2.24, 2.45) is 0 Å². The smallest absolute Gasteiger partial charge is 0.315 e. The number of hydrogen-bond donors (Lipinski definition) is 0. The molecule has 0 aliphatic carbocycles. The second-order valence-electron chi connectivity index (χ2n) is 4.26. The fraction of sp³-hybridized carbons (Fsp3) is 0.385. The zero-order chi connectivity index (χ0) is 13.9. The number of hydrogen-bond acceptors (Lipinski definition) is 4. The number of ether oxygens (including phenoxy) is 2. The van der Waals surface area contributed by atoms with Gasteiger partial charge in [-0.15, -0.1) is 0 Å². The fourth-order valence-electron chi connectivity index (χ4n) is 1.73. The number of rotatable bonds is 3. The first-order chi connectivity index (χ1) is 8.38. The molecule has 0 N–H and O–H groups in total. The van der Waals surface area contributed by atoms with Crippen LogP contribution >= 0.6 is 15.9 Å². The van der Waals surface area contributed by atoms with Gasteiger partial charge in [0, 0.05) is 10.0 Å². The Hall–Kier alpha value is -1.54. The van der Waals surface area contributed by atoms with E-state index in [1.165, 1.54) is 14.2 Å². The minimum atomic E-state index is -0.893. The Morgan fingerprint density at radius 1 is 1.39 bits per heavy atom. The van der Waals surface area contributed by atoms with Crippen LogP contribution in [0.1, 0.15) is 25.0 Å². The van der Waals surface area contributed by atoms with Crippen LogP contribution in [0.15, 0.2) is 16.6 Å². The minimum Gasteiger partial charge on any atom is -0.495 e. The topological polar surface area (TPSA) is 59.3 Å². The van der Waals surface area contributed by atoms with Crippen LogP contribution in [-0.4, -0.2) is 20.2 Å². The van der Waals surface area contributed by atoms with Gasteiger partial charge in [0.2, 0.25) is 0 Å². The maximum atomic E-state index is 11.8. The van der Waals surface area contributed by atoms with E-state index >= 15 is 0 Å². The highest BCUT2D eigenvalue weighted by Crippen LogP contribution is 2.37. The Kier molecular flexibility index (Phi) is 4.36. The molecule has 0 aliphatic rings. The van der Waals surface area contributed by atoms with Gasteiger partial charge in [0.05, 0.1) is 25.2 Å². The van der Waals surface area contributed by atoms with E-state index in [9.17, 15) is 4.79 Å². The van der Waals surface area contributed by atoms with Crippen LogP contribution in [0.25, 0.3) is 0 Å². The van der Waals surface area contributed by atoms with E-state index in [0.717, 1.165) is 0 Å². The summed E-state index contributed by atoms with van der Waals surface area (Å²) in [5, 5.41) is 9.09. The molecule has 0 saturated heterocycles. The molecule has 0 heterocycles. The van der Waals surface area contributed by atoms with E-state index in [1.807, 2.05) is 6.07 Å². The molecule has 4 nitrogen and oxygen atoms in total. The first kappa shape index (κ1) is 14.5. The van der Waals surface area contributed by atoms with Crippen molar-refractivity contribution in [3.8, 4) is 11.8 Å². The minimum absolute atomic E-state index is 0.374. The van der Waals surface area contributed by atoms with Crippen LogP contribution in [0.3, 0.4) is 0 Å². The Morgan fingerprint density at radius 2 is 2.00 bits per heavy atom. The van der Waals surface area contributed by atoms with Crippen molar-refractivity contribution in [1.29, 1.82) is 5.26 Å². The molecule has 0 fully saturated rings. The Morgan fingerprint density at radius 3 is 2.44 bits per heavy atom. The maximum absolute atomic E-state index is 11.8. The SMILES string of the molecule is COC(=O)C(C)(C)c1cc(Br)cc(C#N)c1OC. The number of benzene rings is 1. The highest BCUT2D eigenvalue weighted by molar-refractivity contribution is 9.10. The Bertz CT molecular complexity index is 518. The summed E-state index contributed by atoms with van der Waals surface area (Å²) >= 11 is 3.32.